The van der Waals surface area contributed by atoms with Crippen molar-refractivity contribution in [3.8, 4) is 17.2 Å². The third kappa shape index (κ3) is 5.28. The number of nitrogens with zero attached hydrogens (tertiary/aromatic N) is 1. The zero-order chi connectivity index (χ0) is 25.7. The number of hydrogen-bond donors (Lipinski definition) is 2. The van der Waals surface area contributed by atoms with Crippen LogP contribution in [0.2, 0.25) is 0 Å². The van der Waals surface area contributed by atoms with Crippen molar-refractivity contribution < 1.29 is 28.5 Å². The van der Waals surface area contributed by atoms with E-state index in [1.165, 1.54) is 12.1 Å². The van der Waals surface area contributed by atoms with E-state index in [2.05, 4.69) is 5.32 Å². The number of hydrogen-bond acceptors (Lipinski definition) is 5. The molecule has 0 aliphatic heterocycles. The predicted octanol–water partition coefficient (Wildman–Crippen LogP) is 4.89. The number of carboxylic acid groups (broad SMARTS) is 1. The zero-order valence-corrected chi connectivity index (χ0v) is 20.5. The molecule has 0 amide bonds. The summed E-state index contributed by atoms with van der Waals surface area (Å²) in [5.41, 5.74) is 3.50. The summed E-state index contributed by atoms with van der Waals surface area (Å²) in [6.45, 7) is 1.29. The van der Waals surface area contributed by atoms with Crippen LogP contribution in [-0.2, 0) is 19.5 Å². The topological polar surface area (TPSA) is 81.9 Å². The van der Waals surface area contributed by atoms with Gasteiger partial charge >= 0.3 is 5.97 Å². The molecule has 2 N–H and O–H groups in total. The fourth-order valence-corrected chi connectivity index (χ4v) is 4.37. The summed E-state index contributed by atoms with van der Waals surface area (Å²) in [4.78, 5) is 12.4. The fourth-order valence-electron chi connectivity index (χ4n) is 4.37. The van der Waals surface area contributed by atoms with Gasteiger partial charge < -0.3 is 29.2 Å². The first-order valence-corrected chi connectivity index (χ1v) is 11.5. The fraction of sp³-hybridized carbons (Fsp3) is 0.250. The molecule has 0 fully saturated rings. The largest absolute Gasteiger partial charge is 0.497 e. The predicted molar refractivity (Wildman–Crippen MR) is 136 cm³/mol. The molecule has 0 spiro atoms. The molecular weight excluding hydrogens is 463 g/mol. The molecule has 1 heterocycles. The zero-order valence-electron chi connectivity index (χ0n) is 20.5. The van der Waals surface area contributed by atoms with Crippen LogP contribution in [0.25, 0.3) is 10.9 Å². The third-order valence-corrected chi connectivity index (χ3v) is 6.17. The smallest absolute Gasteiger partial charge is 0.352 e. The summed E-state index contributed by atoms with van der Waals surface area (Å²) in [6.07, 6.45) is 0.727. The molecule has 3 aromatic carbocycles. The molecule has 0 aliphatic carbocycles. The van der Waals surface area contributed by atoms with Gasteiger partial charge in [0.05, 0.1) is 26.8 Å². The Morgan fingerprint density at radius 1 is 0.917 bits per heavy atom. The van der Waals surface area contributed by atoms with Crippen LogP contribution in [0, 0.1) is 5.82 Å². The standard InChI is InChI=1S/C28H29FN2O5/c1-34-21-9-10-22-23(16-30-13-12-18-6-11-25(35-2)26(14-18)36-3)27(28(32)33)31(24(22)15-21)17-19-4-7-20(29)8-5-19/h4-11,14-15,30H,12-13,16-17H2,1-3H3,(H,32,33). The normalized spacial score (nSPS) is 11.0. The molecule has 0 saturated carbocycles. The lowest BCUT2D eigenvalue weighted by molar-refractivity contribution is 0.0684. The van der Waals surface area contributed by atoms with Crippen molar-refractivity contribution in [3.63, 3.8) is 0 Å². The Kier molecular flexibility index (Phi) is 7.75. The SMILES string of the molecule is COc1ccc2c(CNCCc3ccc(OC)c(OC)c3)c(C(=O)O)n(Cc3ccc(F)cc3)c2c1. The van der Waals surface area contributed by atoms with E-state index in [9.17, 15) is 14.3 Å². The summed E-state index contributed by atoms with van der Waals surface area (Å²) in [7, 11) is 4.77. The van der Waals surface area contributed by atoms with Crippen molar-refractivity contribution in [1.82, 2.24) is 9.88 Å². The second kappa shape index (κ2) is 11.1. The van der Waals surface area contributed by atoms with Gasteiger partial charge in [0.1, 0.15) is 17.3 Å². The molecule has 188 valence electrons. The number of benzene rings is 3. The quantitative estimate of drug-likeness (QED) is 0.290. The molecule has 4 rings (SSSR count). The first-order valence-electron chi connectivity index (χ1n) is 11.5. The van der Waals surface area contributed by atoms with Gasteiger partial charge in [0.25, 0.3) is 0 Å². The van der Waals surface area contributed by atoms with Crippen LogP contribution in [0.3, 0.4) is 0 Å². The number of nitrogens with one attached hydrogen (secondary N) is 1. The number of carboxylic acids is 1. The van der Waals surface area contributed by atoms with Crippen molar-refractivity contribution in [2.45, 2.75) is 19.5 Å². The number of halogens is 1. The van der Waals surface area contributed by atoms with Gasteiger partial charge in [-0.2, -0.15) is 0 Å². The Bertz CT molecular complexity index is 1360. The minimum atomic E-state index is -1.02. The molecule has 0 saturated heterocycles. The van der Waals surface area contributed by atoms with Gasteiger partial charge in [0, 0.05) is 30.1 Å². The van der Waals surface area contributed by atoms with E-state index < -0.39 is 5.97 Å². The highest BCUT2D eigenvalue weighted by Gasteiger charge is 2.23. The van der Waals surface area contributed by atoms with Crippen molar-refractivity contribution in [2.75, 3.05) is 27.9 Å². The van der Waals surface area contributed by atoms with Crippen LogP contribution in [0.5, 0.6) is 17.2 Å². The average molecular weight is 493 g/mol. The Morgan fingerprint density at radius 2 is 1.64 bits per heavy atom. The Morgan fingerprint density at radius 3 is 2.31 bits per heavy atom. The Balaban J connectivity index is 1.61. The number of aromatic carboxylic acids is 1. The second-order valence-electron chi connectivity index (χ2n) is 8.34. The van der Waals surface area contributed by atoms with Gasteiger partial charge in [-0.15, -0.1) is 0 Å². The van der Waals surface area contributed by atoms with Crippen LogP contribution in [0.1, 0.15) is 27.2 Å². The third-order valence-electron chi connectivity index (χ3n) is 6.17. The van der Waals surface area contributed by atoms with Crippen molar-refractivity contribution in [1.29, 1.82) is 0 Å². The van der Waals surface area contributed by atoms with Gasteiger partial charge in [-0.05, 0) is 60.5 Å². The second-order valence-corrected chi connectivity index (χ2v) is 8.34. The maximum Gasteiger partial charge on any atom is 0.352 e. The Hall–Kier alpha value is -4.04. The minimum Gasteiger partial charge on any atom is -0.497 e. The van der Waals surface area contributed by atoms with Crippen molar-refractivity contribution in [2.24, 2.45) is 0 Å². The number of carbonyl (C=O) groups is 1. The summed E-state index contributed by atoms with van der Waals surface area (Å²) in [5.74, 6) is 0.607. The first kappa shape index (κ1) is 25.1. The molecule has 4 aromatic rings. The maximum atomic E-state index is 13.4. The van der Waals surface area contributed by atoms with Crippen molar-refractivity contribution in [3.05, 3.63) is 88.9 Å². The van der Waals surface area contributed by atoms with Crippen LogP contribution in [-0.4, -0.2) is 43.5 Å². The lowest BCUT2D eigenvalue weighted by Gasteiger charge is -2.11. The van der Waals surface area contributed by atoms with Gasteiger partial charge in [0.2, 0.25) is 0 Å². The van der Waals surface area contributed by atoms with E-state index in [1.54, 1.807) is 38.0 Å². The molecule has 8 heteroatoms. The number of aromatic nitrogens is 1. The van der Waals surface area contributed by atoms with Crippen LogP contribution in [0.4, 0.5) is 4.39 Å². The average Bonchev–Trinajstić information content (AvgIpc) is 3.20. The number of rotatable bonds is 11. The Labute approximate surface area is 209 Å². The number of ether oxygens (including phenoxy) is 3. The molecule has 0 aliphatic rings. The van der Waals surface area contributed by atoms with E-state index in [1.807, 2.05) is 36.4 Å². The van der Waals surface area contributed by atoms with Gasteiger partial charge in [0.15, 0.2) is 11.5 Å². The summed E-state index contributed by atoms with van der Waals surface area (Å²) < 4.78 is 31.2. The molecule has 0 radical (unpaired) electrons. The highest BCUT2D eigenvalue weighted by molar-refractivity contribution is 5.98. The lowest BCUT2D eigenvalue weighted by atomic mass is 10.1. The molecule has 0 atom stereocenters. The first-order chi connectivity index (χ1) is 17.4. The van der Waals surface area contributed by atoms with E-state index in [4.69, 9.17) is 14.2 Å². The maximum absolute atomic E-state index is 13.4. The molecule has 0 bridgehead atoms. The monoisotopic (exact) mass is 492 g/mol. The van der Waals surface area contributed by atoms with Gasteiger partial charge in [-0.3, -0.25) is 0 Å². The summed E-state index contributed by atoms with van der Waals surface area (Å²) in [5, 5.41) is 14.4. The molecule has 7 nitrogen and oxygen atoms in total. The van der Waals surface area contributed by atoms with E-state index in [-0.39, 0.29) is 18.1 Å². The molecular formula is C28H29FN2O5. The molecule has 36 heavy (non-hydrogen) atoms. The summed E-state index contributed by atoms with van der Waals surface area (Å²) in [6, 6.07) is 17.4. The van der Waals surface area contributed by atoms with Crippen LogP contribution in [0.15, 0.2) is 60.7 Å². The minimum absolute atomic E-state index is 0.196. The van der Waals surface area contributed by atoms with E-state index in [0.717, 1.165) is 28.5 Å². The van der Waals surface area contributed by atoms with Crippen LogP contribution < -0.4 is 19.5 Å². The molecule has 1 aromatic heterocycles. The van der Waals surface area contributed by atoms with Gasteiger partial charge in [-0.25, -0.2) is 9.18 Å². The summed E-state index contributed by atoms with van der Waals surface area (Å²) >= 11 is 0. The highest BCUT2D eigenvalue weighted by atomic mass is 19.1. The van der Waals surface area contributed by atoms with Crippen molar-refractivity contribution >= 4 is 16.9 Å². The van der Waals surface area contributed by atoms with Gasteiger partial charge in [-0.1, -0.05) is 18.2 Å². The van der Waals surface area contributed by atoms with E-state index in [0.29, 0.717) is 35.9 Å². The molecule has 0 unspecified atom stereocenters. The van der Waals surface area contributed by atoms with E-state index >= 15 is 0 Å². The number of fused-ring (bicyclic) bond motifs is 1. The lowest BCUT2D eigenvalue weighted by Crippen LogP contribution is -2.19. The highest BCUT2D eigenvalue weighted by Crippen LogP contribution is 2.31. The van der Waals surface area contributed by atoms with Crippen LogP contribution >= 0.6 is 0 Å². The number of methoxy groups -OCH3 is 3.